The van der Waals surface area contributed by atoms with Gasteiger partial charge >= 0.3 is 0 Å². The third-order valence-corrected chi connectivity index (χ3v) is 3.45. The number of aliphatic hydroxyl groups excluding tert-OH is 1. The normalized spacial score (nSPS) is 11.6. The Labute approximate surface area is 126 Å². The van der Waals surface area contributed by atoms with Crippen LogP contribution in [0.1, 0.15) is 19.4 Å². The summed E-state index contributed by atoms with van der Waals surface area (Å²) < 4.78 is 7.61. The monoisotopic (exact) mass is 290 g/mol. The van der Waals surface area contributed by atoms with Crippen LogP contribution >= 0.6 is 0 Å². The van der Waals surface area contributed by atoms with Crippen molar-refractivity contribution in [3.8, 4) is 0 Å². The van der Waals surface area contributed by atoms with Crippen LogP contribution in [0.15, 0.2) is 30.5 Å². The maximum atomic E-state index is 8.74. The Morgan fingerprint density at radius 2 is 2.10 bits per heavy atom. The van der Waals surface area contributed by atoms with Gasteiger partial charge in [0, 0.05) is 19.3 Å². The highest BCUT2D eigenvalue weighted by Gasteiger charge is 2.06. The van der Waals surface area contributed by atoms with Crippen molar-refractivity contribution >= 4 is 10.9 Å². The fourth-order valence-corrected chi connectivity index (χ4v) is 2.49. The Kier molecular flexibility index (Phi) is 6.23. The number of nitrogens with zero attached hydrogens (tertiary/aromatic N) is 1. The largest absolute Gasteiger partial charge is 0.394 e. The van der Waals surface area contributed by atoms with E-state index >= 15 is 0 Å². The second-order valence-corrected chi connectivity index (χ2v) is 5.72. The summed E-state index contributed by atoms with van der Waals surface area (Å²) in [6, 6.07) is 8.59. The second-order valence-electron chi connectivity index (χ2n) is 5.72. The van der Waals surface area contributed by atoms with Gasteiger partial charge in [0.15, 0.2) is 0 Å². The van der Waals surface area contributed by atoms with Crippen LogP contribution < -0.4 is 5.32 Å². The van der Waals surface area contributed by atoms with Gasteiger partial charge < -0.3 is 19.7 Å². The molecule has 2 rings (SSSR count). The van der Waals surface area contributed by atoms with E-state index in [2.05, 4.69) is 54.2 Å². The molecule has 0 spiro atoms. The fraction of sp³-hybridized carbons (Fsp3) is 0.529. The van der Waals surface area contributed by atoms with Gasteiger partial charge in [0.05, 0.1) is 25.3 Å². The summed E-state index contributed by atoms with van der Waals surface area (Å²) in [4.78, 5) is 0. The molecule has 0 unspecified atom stereocenters. The number of ether oxygens (including phenoxy) is 1. The molecular weight excluding hydrogens is 264 g/mol. The summed E-state index contributed by atoms with van der Waals surface area (Å²) in [5, 5.41) is 13.5. The third kappa shape index (κ3) is 4.56. The van der Waals surface area contributed by atoms with Gasteiger partial charge in [-0.2, -0.15) is 0 Å². The van der Waals surface area contributed by atoms with Crippen molar-refractivity contribution in [2.75, 3.05) is 26.4 Å². The maximum Gasteiger partial charge on any atom is 0.0698 e. The van der Waals surface area contributed by atoms with Gasteiger partial charge in [-0.05, 0) is 29.5 Å². The first-order chi connectivity index (χ1) is 10.2. The molecule has 0 saturated carbocycles. The smallest absolute Gasteiger partial charge is 0.0698 e. The van der Waals surface area contributed by atoms with Crippen LogP contribution in [0, 0.1) is 5.92 Å². The summed E-state index contributed by atoms with van der Waals surface area (Å²) in [6.07, 6.45) is 2.11. The lowest BCUT2D eigenvalue weighted by atomic mass is 10.1. The maximum absolute atomic E-state index is 8.74. The van der Waals surface area contributed by atoms with E-state index in [0.717, 1.165) is 19.6 Å². The molecule has 21 heavy (non-hydrogen) atoms. The molecule has 0 fully saturated rings. The Bertz CT molecular complexity index is 549. The van der Waals surface area contributed by atoms with E-state index in [1.54, 1.807) is 0 Å². The number of aromatic nitrogens is 1. The van der Waals surface area contributed by atoms with Gasteiger partial charge in [0.2, 0.25) is 0 Å². The molecule has 1 aromatic heterocycles. The molecular formula is C17H26N2O2. The molecule has 1 aromatic carbocycles. The van der Waals surface area contributed by atoms with Crippen LogP contribution in [0.4, 0.5) is 0 Å². The predicted molar refractivity (Wildman–Crippen MR) is 86.4 cm³/mol. The molecule has 0 amide bonds. The van der Waals surface area contributed by atoms with Gasteiger partial charge in [-0.25, -0.2) is 0 Å². The summed E-state index contributed by atoms with van der Waals surface area (Å²) in [5.74, 6) is 0.655. The highest BCUT2D eigenvalue weighted by Crippen LogP contribution is 2.20. The summed E-state index contributed by atoms with van der Waals surface area (Å²) in [7, 11) is 0. The van der Waals surface area contributed by atoms with Crippen LogP contribution in [0.25, 0.3) is 10.9 Å². The van der Waals surface area contributed by atoms with Crippen molar-refractivity contribution in [3.05, 3.63) is 36.0 Å². The average Bonchev–Trinajstić information content (AvgIpc) is 2.87. The number of nitrogens with one attached hydrogen (secondary N) is 1. The first kappa shape index (κ1) is 16.0. The molecule has 4 heteroatoms. The van der Waals surface area contributed by atoms with Gasteiger partial charge in [-0.3, -0.25) is 0 Å². The van der Waals surface area contributed by atoms with E-state index in [1.165, 1.54) is 16.5 Å². The minimum absolute atomic E-state index is 0.0802. The topological polar surface area (TPSA) is 46.4 Å². The molecule has 0 radical (unpaired) electrons. The molecule has 0 aliphatic carbocycles. The highest BCUT2D eigenvalue weighted by molar-refractivity contribution is 5.83. The van der Waals surface area contributed by atoms with Crippen LogP contribution in [-0.2, 0) is 17.8 Å². The zero-order valence-electron chi connectivity index (χ0n) is 13.0. The van der Waals surface area contributed by atoms with Crippen LogP contribution in [0.2, 0.25) is 0 Å². The van der Waals surface area contributed by atoms with Crippen molar-refractivity contribution in [1.29, 1.82) is 0 Å². The van der Waals surface area contributed by atoms with Gasteiger partial charge in [0.25, 0.3) is 0 Å². The van der Waals surface area contributed by atoms with E-state index in [4.69, 9.17) is 9.84 Å². The van der Waals surface area contributed by atoms with Crippen molar-refractivity contribution in [2.45, 2.75) is 26.9 Å². The van der Waals surface area contributed by atoms with E-state index in [1.807, 2.05) is 0 Å². The summed E-state index contributed by atoms with van der Waals surface area (Å²) in [5.41, 5.74) is 2.60. The van der Waals surface area contributed by atoms with Crippen molar-refractivity contribution in [1.82, 2.24) is 9.88 Å². The first-order valence-electron chi connectivity index (χ1n) is 7.68. The standard InChI is InChI=1S/C17H26N2O2/c1-14(2)12-18-13-16-5-3-4-15-6-7-19(17(15)16)8-10-21-11-9-20/h3-7,14,18,20H,8-13H2,1-2H3. The Balaban J connectivity index is 2.07. The minimum Gasteiger partial charge on any atom is -0.394 e. The lowest BCUT2D eigenvalue weighted by Gasteiger charge is -2.12. The van der Waals surface area contributed by atoms with Gasteiger partial charge in [-0.1, -0.05) is 32.0 Å². The van der Waals surface area contributed by atoms with Crippen LogP contribution in [-0.4, -0.2) is 36.0 Å². The van der Waals surface area contributed by atoms with Crippen LogP contribution in [0.5, 0.6) is 0 Å². The summed E-state index contributed by atoms with van der Waals surface area (Å²) >= 11 is 0. The molecule has 0 saturated heterocycles. The average molecular weight is 290 g/mol. The molecule has 0 bridgehead atoms. The van der Waals surface area contributed by atoms with E-state index in [9.17, 15) is 0 Å². The van der Waals surface area contributed by atoms with Gasteiger partial charge in [0.1, 0.15) is 0 Å². The molecule has 0 aliphatic heterocycles. The number of hydrogen-bond donors (Lipinski definition) is 2. The number of aliphatic hydroxyl groups is 1. The quantitative estimate of drug-likeness (QED) is 0.697. The molecule has 116 valence electrons. The Morgan fingerprint density at radius 3 is 2.86 bits per heavy atom. The molecule has 1 heterocycles. The lowest BCUT2D eigenvalue weighted by Crippen LogP contribution is -2.19. The van der Waals surface area contributed by atoms with Crippen molar-refractivity contribution in [3.63, 3.8) is 0 Å². The minimum atomic E-state index is 0.0802. The van der Waals surface area contributed by atoms with Gasteiger partial charge in [-0.15, -0.1) is 0 Å². The SMILES string of the molecule is CC(C)CNCc1cccc2ccn(CCOCCO)c12. The predicted octanol–water partition coefficient (Wildman–Crippen LogP) is 2.40. The Hall–Kier alpha value is -1.36. The van der Waals surface area contributed by atoms with Crippen molar-refractivity contribution in [2.24, 2.45) is 5.92 Å². The number of hydrogen-bond acceptors (Lipinski definition) is 3. The highest BCUT2D eigenvalue weighted by atomic mass is 16.5. The lowest BCUT2D eigenvalue weighted by molar-refractivity contribution is 0.0875. The first-order valence-corrected chi connectivity index (χ1v) is 7.68. The molecule has 0 atom stereocenters. The van der Waals surface area contributed by atoms with E-state index < -0.39 is 0 Å². The van der Waals surface area contributed by atoms with E-state index in [-0.39, 0.29) is 6.61 Å². The van der Waals surface area contributed by atoms with Crippen LogP contribution in [0.3, 0.4) is 0 Å². The number of para-hydroxylation sites is 1. The Morgan fingerprint density at radius 1 is 1.24 bits per heavy atom. The number of rotatable bonds is 9. The molecule has 2 aromatic rings. The summed E-state index contributed by atoms with van der Waals surface area (Å²) in [6.45, 7) is 8.26. The van der Waals surface area contributed by atoms with E-state index in [0.29, 0.717) is 19.1 Å². The zero-order chi connectivity index (χ0) is 15.1. The fourth-order valence-electron chi connectivity index (χ4n) is 2.49. The third-order valence-electron chi connectivity index (χ3n) is 3.45. The second kappa shape index (κ2) is 8.17. The van der Waals surface area contributed by atoms with Crippen molar-refractivity contribution < 1.29 is 9.84 Å². The molecule has 2 N–H and O–H groups in total. The number of fused-ring (bicyclic) bond motifs is 1. The number of benzene rings is 1. The molecule has 4 nitrogen and oxygen atoms in total. The zero-order valence-corrected chi connectivity index (χ0v) is 13.0. The molecule has 0 aliphatic rings.